The minimum atomic E-state index is -1.23. The van der Waals surface area contributed by atoms with E-state index in [1.807, 2.05) is 13.8 Å². The van der Waals surface area contributed by atoms with Crippen molar-refractivity contribution < 1.29 is 24.5 Å². The molecule has 0 heterocycles. The van der Waals surface area contributed by atoms with E-state index in [4.69, 9.17) is 9.84 Å². The molecule has 1 atom stereocenters. The van der Waals surface area contributed by atoms with Crippen LogP contribution in [0.15, 0.2) is 35.5 Å². The average Bonchev–Trinajstić information content (AvgIpc) is 2.53. The predicted octanol–water partition coefficient (Wildman–Crippen LogP) is 3.26. The van der Waals surface area contributed by atoms with E-state index in [1.165, 1.54) is 12.2 Å². The summed E-state index contributed by atoms with van der Waals surface area (Å²) in [5.41, 5.74) is -0.570. The number of aliphatic hydroxyl groups is 2. The van der Waals surface area contributed by atoms with Crippen molar-refractivity contribution in [2.24, 2.45) is 5.41 Å². The lowest BCUT2D eigenvalue weighted by molar-refractivity contribution is -0.137. The Balaban J connectivity index is 2.63. The van der Waals surface area contributed by atoms with E-state index in [9.17, 15) is 14.7 Å². The molecule has 1 aliphatic rings. The van der Waals surface area contributed by atoms with Gasteiger partial charge < -0.3 is 14.9 Å². The van der Waals surface area contributed by atoms with Crippen LogP contribution in [-0.4, -0.2) is 40.8 Å². The molecule has 0 radical (unpaired) electrons. The summed E-state index contributed by atoms with van der Waals surface area (Å²) in [6, 6.07) is 0. The van der Waals surface area contributed by atoms with Crippen molar-refractivity contribution in [2.45, 2.75) is 65.4 Å². The van der Waals surface area contributed by atoms with Crippen molar-refractivity contribution in [1.82, 2.24) is 0 Å². The summed E-state index contributed by atoms with van der Waals surface area (Å²) >= 11 is 0. The van der Waals surface area contributed by atoms with Crippen molar-refractivity contribution >= 4 is 11.8 Å². The van der Waals surface area contributed by atoms with Gasteiger partial charge in [0.05, 0.1) is 6.61 Å². The van der Waals surface area contributed by atoms with Crippen LogP contribution in [0.25, 0.3) is 0 Å². The monoisotopic (exact) mass is 364 g/mol. The Bertz CT molecular complexity index is 598. The second-order valence-corrected chi connectivity index (χ2v) is 7.65. The molecule has 5 nitrogen and oxygen atoms in total. The molecule has 2 N–H and O–H groups in total. The lowest BCUT2D eigenvalue weighted by atomic mass is 9.64. The highest BCUT2D eigenvalue weighted by molar-refractivity contribution is 5.92. The van der Waals surface area contributed by atoms with Crippen molar-refractivity contribution in [1.29, 1.82) is 0 Å². The number of unbranched alkanes of at least 4 members (excludes halogenated alkanes) is 3. The van der Waals surface area contributed by atoms with E-state index in [0.29, 0.717) is 17.8 Å². The fraction of sp³-hybridized carbons (Fsp3) is 0.619. The number of hydrogen-bond donors (Lipinski definition) is 2. The van der Waals surface area contributed by atoms with E-state index < -0.39 is 17.0 Å². The number of carbonyl (C=O) groups excluding carboxylic acids is 2. The molecule has 0 bridgehead atoms. The Hall–Kier alpha value is -1.72. The maximum absolute atomic E-state index is 11.8. The second kappa shape index (κ2) is 9.83. The van der Waals surface area contributed by atoms with Gasteiger partial charge in [0.25, 0.3) is 0 Å². The van der Waals surface area contributed by atoms with Gasteiger partial charge in [-0.3, -0.25) is 4.79 Å². The summed E-state index contributed by atoms with van der Waals surface area (Å²) in [5, 5.41) is 19.7. The van der Waals surface area contributed by atoms with Crippen LogP contribution in [0.3, 0.4) is 0 Å². The van der Waals surface area contributed by atoms with Crippen molar-refractivity contribution in [2.75, 3.05) is 13.2 Å². The molecule has 1 aliphatic carbocycles. The van der Waals surface area contributed by atoms with Gasteiger partial charge in [-0.05, 0) is 56.4 Å². The van der Waals surface area contributed by atoms with E-state index in [0.717, 1.165) is 25.7 Å². The molecular formula is C21H32O5. The number of ketones is 1. The van der Waals surface area contributed by atoms with Crippen molar-refractivity contribution in [3.63, 3.8) is 0 Å². The molecule has 0 amide bonds. The van der Waals surface area contributed by atoms with Gasteiger partial charge in [0.2, 0.25) is 0 Å². The molecule has 0 aromatic heterocycles. The zero-order valence-electron chi connectivity index (χ0n) is 16.4. The Morgan fingerprint density at radius 1 is 1.27 bits per heavy atom. The normalized spacial score (nSPS) is 23.2. The summed E-state index contributed by atoms with van der Waals surface area (Å²) in [6.07, 6.45) is 9.89. The van der Waals surface area contributed by atoms with Crippen molar-refractivity contribution in [3.8, 4) is 0 Å². The number of carbonyl (C=O) groups is 2. The smallest absolute Gasteiger partial charge is 0.331 e. The number of hydrogen-bond acceptors (Lipinski definition) is 5. The highest BCUT2D eigenvalue weighted by Gasteiger charge is 2.46. The lowest BCUT2D eigenvalue weighted by Gasteiger charge is -2.44. The molecule has 0 aromatic carbocycles. The van der Waals surface area contributed by atoms with E-state index in [2.05, 4.69) is 0 Å². The maximum atomic E-state index is 11.8. The van der Waals surface area contributed by atoms with Gasteiger partial charge in [0.15, 0.2) is 5.78 Å². The van der Waals surface area contributed by atoms with Crippen LogP contribution in [0.4, 0.5) is 0 Å². The van der Waals surface area contributed by atoms with E-state index in [1.54, 1.807) is 26.0 Å². The van der Waals surface area contributed by atoms with Gasteiger partial charge in [-0.2, -0.15) is 0 Å². The Morgan fingerprint density at radius 3 is 2.54 bits per heavy atom. The summed E-state index contributed by atoms with van der Waals surface area (Å²) in [7, 11) is 0. The van der Waals surface area contributed by atoms with E-state index in [-0.39, 0.29) is 18.8 Å². The van der Waals surface area contributed by atoms with Gasteiger partial charge in [0, 0.05) is 24.5 Å². The predicted molar refractivity (Wildman–Crippen MR) is 102 cm³/mol. The Morgan fingerprint density at radius 2 is 1.92 bits per heavy atom. The van der Waals surface area contributed by atoms with Crippen molar-refractivity contribution in [3.05, 3.63) is 35.5 Å². The van der Waals surface area contributed by atoms with Crippen LogP contribution in [0.1, 0.15) is 59.8 Å². The molecule has 0 fully saturated rings. The summed E-state index contributed by atoms with van der Waals surface area (Å²) in [6.45, 7) is 7.78. The number of rotatable bonds is 9. The van der Waals surface area contributed by atoms with Crippen LogP contribution in [0.5, 0.6) is 0 Å². The molecular weight excluding hydrogens is 332 g/mol. The van der Waals surface area contributed by atoms with Crippen LogP contribution < -0.4 is 0 Å². The third kappa shape index (κ3) is 6.22. The lowest BCUT2D eigenvalue weighted by Crippen LogP contribution is -2.48. The highest BCUT2D eigenvalue weighted by Crippen LogP contribution is 2.44. The fourth-order valence-corrected chi connectivity index (χ4v) is 3.13. The number of allylic oxidation sites excluding steroid dienone is 3. The highest BCUT2D eigenvalue weighted by atomic mass is 16.5. The van der Waals surface area contributed by atoms with Gasteiger partial charge >= 0.3 is 5.97 Å². The molecule has 0 saturated heterocycles. The largest absolute Gasteiger partial charge is 0.463 e. The second-order valence-electron chi connectivity index (χ2n) is 7.65. The summed E-state index contributed by atoms with van der Waals surface area (Å²) in [4.78, 5) is 23.6. The van der Waals surface area contributed by atoms with Crippen LogP contribution in [-0.2, 0) is 14.3 Å². The molecule has 1 unspecified atom stereocenters. The first kappa shape index (κ1) is 22.3. The molecule has 0 spiro atoms. The number of aliphatic hydroxyl groups excluding tert-OH is 1. The molecule has 0 aromatic rings. The molecule has 0 saturated carbocycles. The Kier molecular flexibility index (Phi) is 8.44. The maximum Gasteiger partial charge on any atom is 0.331 e. The topological polar surface area (TPSA) is 83.8 Å². The van der Waals surface area contributed by atoms with Gasteiger partial charge in [0.1, 0.15) is 5.60 Å². The molecule has 26 heavy (non-hydrogen) atoms. The number of esters is 1. The first-order valence-corrected chi connectivity index (χ1v) is 9.21. The molecule has 1 rings (SSSR count). The minimum absolute atomic E-state index is 0.0143. The zero-order chi connectivity index (χ0) is 19.8. The molecule has 0 aliphatic heterocycles. The average molecular weight is 364 g/mol. The summed E-state index contributed by atoms with van der Waals surface area (Å²) < 4.78 is 5.16. The fourth-order valence-electron chi connectivity index (χ4n) is 3.13. The summed E-state index contributed by atoms with van der Waals surface area (Å²) in [5.74, 6) is -0.396. The van der Waals surface area contributed by atoms with Crippen LogP contribution in [0, 0.1) is 5.41 Å². The first-order valence-electron chi connectivity index (χ1n) is 9.21. The van der Waals surface area contributed by atoms with Crippen LogP contribution >= 0.6 is 0 Å². The van der Waals surface area contributed by atoms with Crippen LogP contribution in [0.2, 0.25) is 0 Å². The Labute approximate surface area is 156 Å². The SMILES string of the molecule is CC(C=CC1(O)C(C)=CC(=O)CC1(C)C)=CC(=O)OCCCCCCO. The van der Waals surface area contributed by atoms with Gasteiger partial charge in [-0.25, -0.2) is 4.79 Å². The van der Waals surface area contributed by atoms with Gasteiger partial charge in [-0.1, -0.05) is 26.3 Å². The van der Waals surface area contributed by atoms with Gasteiger partial charge in [-0.15, -0.1) is 0 Å². The molecule has 146 valence electrons. The number of ether oxygens (including phenoxy) is 1. The standard InChI is InChI=1S/C21H32O5/c1-16(13-19(24)26-12-8-6-5-7-11-22)9-10-21(25)17(2)14-18(23)15-20(21,3)4/h9-10,13-14,22,25H,5-8,11-12,15H2,1-4H3. The molecule has 5 heteroatoms. The minimum Gasteiger partial charge on any atom is -0.463 e. The third-order valence-corrected chi connectivity index (χ3v) is 4.86. The quantitative estimate of drug-likeness (QED) is 0.284. The van der Waals surface area contributed by atoms with E-state index >= 15 is 0 Å². The third-order valence-electron chi connectivity index (χ3n) is 4.86. The first-order chi connectivity index (χ1) is 12.1. The zero-order valence-corrected chi connectivity index (χ0v) is 16.4.